The van der Waals surface area contributed by atoms with Crippen molar-refractivity contribution in [3.63, 3.8) is 0 Å². The lowest BCUT2D eigenvalue weighted by Gasteiger charge is -2.03. The summed E-state index contributed by atoms with van der Waals surface area (Å²) in [5, 5.41) is 2.65. The van der Waals surface area contributed by atoms with Crippen LogP contribution in [0.4, 0.5) is 0 Å². The molecule has 0 aromatic carbocycles. The van der Waals surface area contributed by atoms with Gasteiger partial charge in [0.15, 0.2) is 0 Å². The van der Waals surface area contributed by atoms with Crippen molar-refractivity contribution < 1.29 is 0 Å². The van der Waals surface area contributed by atoms with E-state index in [9.17, 15) is 4.91 Å². The zero-order chi connectivity index (χ0) is 16.1. The molecule has 0 unspecified atom stereocenters. The van der Waals surface area contributed by atoms with Crippen molar-refractivity contribution in [2.75, 3.05) is 6.54 Å². The van der Waals surface area contributed by atoms with Crippen molar-refractivity contribution >= 4 is 0 Å². The van der Waals surface area contributed by atoms with Gasteiger partial charge in [-0.2, -0.15) is 0 Å². The molecule has 0 aliphatic rings. The Morgan fingerprint density at radius 2 is 0.864 bits per heavy atom. The predicted octanol–water partition coefficient (Wildman–Crippen LogP) is 6.91. The van der Waals surface area contributed by atoms with Crippen molar-refractivity contribution in [2.24, 2.45) is 5.29 Å². The lowest BCUT2D eigenvalue weighted by Crippen LogP contribution is -2.05. The van der Waals surface area contributed by atoms with E-state index in [1.165, 1.54) is 103 Å². The second kappa shape index (κ2) is 20.4. The van der Waals surface area contributed by atoms with E-state index in [0.29, 0.717) is 0 Å². The summed E-state index contributed by atoms with van der Waals surface area (Å²) in [6, 6.07) is 0. The highest BCUT2D eigenvalue weighted by Crippen LogP contribution is 2.13. The minimum atomic E-state index is 0.738. The quantitative estimate of drug-likeness (QED) is 0.160. The summed E-state index contributed by atoms with van der Waals surface area (Å²) in [6.07, 6.45) is 23.5. The molecule has 0 saturated heterocycles. The first-order valence-electron chi connectivity index (χ1n) is 9.97. The number of nitrogens with zero attached hydrogens (tertiary/aromatic N) is 1. The molecule has 0 fully saturated rings. The average molecular weight is 313 g/mol. The van der Waals surface area contributed by atoms with Gasteiger partial charge >= 0.3 is 0 Å². The third kappa shape index (κ3) is 19.4. The van der Waals surface area contributed by atoms with Gasteiger partial charge in [0.2, 0.25) is 0 Å². The van der Waals surface area contributed by atoms with Crippen LogP contribution in [0.15, 0.2) is 5.29 Å². The summed E-state index contributed by atoms with van der Waals surface area (Å²) in [7, 11) is 0. The van der Waals surface area contributed by atoms with Crippen LogP contribution in [0.5, 0.6) is 0 Å². The van der Waals surface area contributed by atoms with Gasteiger partial charge in [-0.1, -0.05) is 110 Å². The van der Waals surface area contributed by atoms with Gasteiger partial charge in [0.05, 0.1) is 0 Å². The van der Waals surface area contributed by atoms with Crippen LogP contribution in [0, 0.1) is 4.91 Å². The number of hydrogen-bond donors (Lipinski definition) is 1. The Morgan fingerprint density at radius 1 is 0.545 bits per heavy atom. The Balaban J connectivity index is 2.92. The standard InChI is InChI=1S/C19H40N2O/c1-2-3-4-5-6-7-8-9-10-11-12-13-14-15-16-17-18-19-20-21-22/h2-19H2,1H3,(H,20,22). The highest BCUT2D eigenvalue weighted by Gasteiger charge is 1.94. The Kier molecular flexibility index (Phi) is 19.8. The number of hydrogen-bond acceptors (Lipinski definition) is 2. The second-order valence-corrected chi connectivity index (χ2v) is 6.66. The predicted molar refractivity (Wildman–Crippen MR) is 98.0 cm³/mol. The molecule has 132 valence electrons. The van der Waals surface area contributed by atoms with E-state index in [2.05, 4.69) is 17.6 Å². The maximum absolute atomic E-state index is 9.82. The molecule has 0 amide bonds. The molecule has 0 bridgehead atoms. The molecule has 3 nitrogen and oxygen atoms in total. The lowest BCUT2D eigenvalue weighted by molar-refractivity contribution is 0.524. The first kappa shape index (κ1) is 21.4. The van der Waals surface area contributed by atoms with Gasteiger partial charge in [-0.25, -0.2) is 0 Å². The monoisotopic (exact) mass is 312 g/mol. The van der Waals surface area contributed by atoms with Crippen LogP contribution in [-0.2, 0) is 0 Å². The fourth-order valence-corrected chi connectivity index (χ4v) is 2.97. The zero-order valence-electron chi connectivity index (χ0n) is 15.1. The van der Waals surface area contributed by atoms with Crippen molar-refractivity contribution in [3.8, 4) is 0 Å². The van der Waals surface area contributed by atoms with Crippen molar-refractivity contribution in [1.29, 1.82) is 0 Å². The first-order valence-corrected chi connectivity index (χ1v) is 9.97. The topological polar surface area (TPSA) is 41.5 Å². The van der Waals surface area contributed by atoms with Gasteiger partial charge in [-0.05, 0) is 6.42 Å². The molecule has 0 spiro atoms. The SMILES string of the molecule is CCCCCCCCCCCCCCCCCCCNN=O. The molecule has 0 aromatic rings. The molecule has 0 saturated carbocycles. The molecular weight excluding hydrogens is 272 g/mol. The summed E-state index contributed by atoms with van der Waals surface area (Å²) in [5.41, 5.74) is 2.47. The molecule has 0 aliphatic carbocycles. The van der Waals surface area contributed by atoms with Crippen LogP contribution in [0.1, 0.15) is 116 Å². The van der Waals surface area contributed by atoms with Crippen LogP contribution < -0.4 is 5.43 Å². The van der Waals surface area contributed by atoms with E-state index in [1.54, 1.807) is 0 Å². The van der Waals surface area contributed by atoms with Crippen molar-refractivity contribution in [2.45, 2.75) is 116 Å². The first-order chi connectivity index (χ1) is 10.9. The number of nitroso groups, excluding NO2 is 1. The smallest absolute Gasteiger partial charge is 0.0496 e. The van der Waals surface area contributed by atoms with E-state index in [0.717, 1.165) is 13.0 Å². The minimum Gasteiger partial charge on any atom is -0.274 e. The summed E-state index contributed by atoms with van der Waals surface area (Å²) >= 11 is 0. The molecule has 0 aliphatic heterocycles. The molecular formula is C19H40N2O. The van der Waals surface area contributed by atoms with Crippen LogP contribution in [0.2, 0.25) is 0 Å². The molecule has 0 heterocycles. The molecule has 0 aromatic heterocycles. The van der Waals surface area contributed by atoms with Gasteiger partial charge < -0.3 is 0 Å². The Labute approximate surface area is 139 Å². The summed E-state index contributed by atoms with van der Waals surface area (Å²) in [6.45, 7) is 3.02. The summed E-state index contributed by atoms with van der Waals surface area (Å²) in [5.74, 6) is 0. The third-order valence-electron chi connectivity index (χ3n) is 4.46. The van der Waals surface area contributed by atoms with E-state index in [4.69, 9.17) is 0 Å². The highest BCUT2D eigenvalue weighted by molar-refractivity contribution is 4.50. The normalized spacial score (nSPS) is 10.8. The Hall–Kier alpha value is -0.600. The zero-order valence-corrected chi connectivity index (χ0v) is 15.1. The molecule has 0 rings (SSSR count). The molecule has 0 atom stereocenters. The van der Waals surface area contributed by atoms with Gasteiger partial charge in [-0.3, -0.25) is 5.43 Å². The van der Waals surface area contributed by atoms with Gasteiger partial charge in [0.1, 0.15) is 0 Å². The molecule has 0 radical (unpaired) electrons. The highest BCUT2D eigenvalue weighted by atomic mass is 16.3. The molecule has 3 heteroatoms. The van der Waals surface area contributed by atoms with Crippen LogP contribution in [0.3, 0.4) is 0 Å². The van der Waals surface area contributed by atoms with E-state index >= 15 is 0 Å². The van der Waals surface area contributed by atoms with Crippen LogP contribution >= 0.6 is 0 Å². The van der Waals surface area contributed by atoms with Crippen molar-refractivity contribution in [1.82, 2.24) is 5.43 Å². The van der Waals surface area contributed by atoms with E-state index in [1.807, 2.05) is 0 Å². The maximum atomic E-state index is 9.82. The van der Waals surface area contributed by atoms with E-state index in [-0.39, 0.29) is 0 Å². The van der Waals surface area contributed by atoms with Crippen molar-refractivity contribution in [3.05, 3.63) is 4.91 Å². The average Bonchev–Trinajstić information content (AvgIpc) is 2.54. The summed E-state index contributed by atoms with van der Waals surface area (Å²) < 4.78 is 0. The third-order valence-corrected chi connectivity index (χ3v) is 4.46. The number of nitrogens with one attached hydrogen (secondary N) is 1. The van der Waals surface area contributed by atoms with Gasteiger partial charge in [0, 0.05) is 11.8 Å². The fraction of sp³-hybridized carbons (Fsp3) is 1.00. The maximum Gasteiger partial charge on any atom is 0.0496 e. The van der Waals surface area contributed by atoms with Gasteiger partial charge in [0.25, 0.3) is 0 Å². The Bertz CT molecular complexity index is 210. The molecule has 22 heavy (non-hydrogen) atoms. The lowest BCUT2D eigenvalue weighted by atomic mass is 10.0. The summed E-state index contributed by atoms with van der Waals surface area (Å²) in [4.78, 5) is 9.82. The molecule has 1 N–H and O–H groups in total. The fourth-order valence-electron chi connectivity index (χ4n) is 2.97. The van der Waals surface area contributed by atoms with Crippen LogP contribution in [-0.4, -0.2) is 6.54 Å². The number of rotatable bonds is 19. The largest absolute Gasteiger partial charge is 0.274 e. The van der Waals surface area contributed by atoms with E-state index < -0.39 is 0 Å². The second-order valence-electron chi connectivity index (χ2n) is 6.66. The minimum absolute atomic E-state index is 0.738. The number of unbranched alkanes of at least 4 members (excludes halogenated alkanes) is 16. The van der Waals surface area contributed by atoms with Crippen LogP contribution in [0.25, 0.3) is 0 Å². The van der Waals surface area contributed by atoms with Gasteiger partial charge in [-0.15, -0.1) is 4.91 Å². The Morgan fingerprint density at radius 3 is 1.18 bits per heavy atom.